The van der Waals surface area contributed by atoms with E-state index in [1.165, 1.54) is 5.56 Å². The zero-order valence-corrected chi connectivity index (χ0v) is 16.1. The van der Waals surface area contributed by atoms with Crippen LogP contribution >= 0.6 is 0 Å². The van der Waals surface area contributed by atoms with Gasteiger partial charge >= 0.3 is 5.97 Å². The van der Waals surface area contributed by atoms with Gasteiger partial charge < -0.3 is 14.8 Å². The molecular formula is C22H25N3O3. The van der Waals surface area contributed by atoms with Crippen LogP contribution in [-0.4, -0.2) is 40.1 Å². The maximum absolute atomic E-state index is 11.5. The van der Waals surface area contributed by atoms with Crippen molar-refractivity contribution in [2.45, 2.75) is 32.5 Å². The molecule has 2 aromatic carbocycles. The highest BCUT2D eigenvalue weighted by atomic mass is 16.4. The van der Waals surface area contributed by atoms with Gasteiger partial charge in [-0.15, -0.1) is 0 Å². The van der Waals surface area contributed by atoms with Gasteiger partial charge in [0, 0.05) is 25.7 Å². The van der Waals surface area contributed by atoms with Crippen molar-refractivity contribution >= 4 is 17.1 Å². The summed E-state index contributed by atoms with van der Waals surface area (Å²) in [4.78, 5) is 18.5. The smallest absolute Gasteiger partial charge is 0.338 e. The van der Waals surface area contributed by atoms with E-state index in [9.17, 15) is 9.90 Å². The summed E-state index contributed by atoms with van der Waals surface area (Å²) in [7, 11) is 0. The zero-order chi connectivity index (χ0) is 19.7. The van der Waals surface area contributed by atoms with Gasteiger partial charge in [0.25, 0.3) is 0 Å². The first-order chi connectivity index (χ1) is 13.5. The van der Waals surface area contributed by atoms with Crippen molar-refractivity contribution in [2.24, 2.45) is 5.92 Å². The van der Waals surface area contributed by atoms with Crippen molar-refractivity contribution in [3.05, 3.63) is 65.5 Å². The number of fused-ring (bicyclic) bond motifs is 1. The van der Waals surface area contributed by atoms with Gasteiger partial charge in [0.1, 0.15) is 5.52 Å². The van der Waals surface area contributed by atoms with Gasteiger partial charge in [-0.3, -0.25) is 4.90 Å². The second kappa shape index (κ2) is 7.73. The van der Waals surface area contributed by atoms with Crippen molar-refractivity contribution in [1.82, 2.24) is 15.2 Å². The van der Waals surface area contributed by atoms with E-state index in [2.05, 4.69) is 41.2 Å². The number of piperazine rings is 1. The number of nitrogens with one attached hydrogen (secondary N) is 1. The molecule has 0 radical (unpaired) electrons. The van der Waals surface area contributed by atoms with Crippen LogP contribution in [0.4, 0.5) is 0 Å². The number of para-hydroxylation sites is 1. The predicted molar refractivity (Wildman–Crippen MR) is 107 cm³/mol. The molecule has 0 aliphatic carbocycles. The number of aromatic carboxylic acids is 1. The van der Waals surface area contributed by atoms with E-state index in [-0.39, 0.29) is 11.6 Å². The lowest BCUT2D eigenvalue weighted by molar-refractivity contribution is 0.0699. The molecule has 1 saturated heterocycles. The highest BCUT2D eigenvalue weighted by Gasteiger charge is 2.33. The van der Waals surface area contributed by atoms with E-state index < -0.39 is 5.97 Å². The first kappa shape index (κ1) is 18.7. The summed E-state index contributed by atoms with van der Waals surface area (Å²) in [6, 6.07) is 15.7. The lowest BCUT2D eigenvalue weighted by Gasteiger charge is -2.40. The minimum atomic E-state index is -0.992. The molecule has 2 heterocycles. The van der Waals surface area contributed by atoms with Crippen LogP contribution in [0.3, 0.4) is 0 Å². The lowest BCUT2D eigenvalue weighted by Crippen LogP contribution is -2.53. The Morgan fingerprint density at radius 2 is 2.04 bits per heavy atom. The van der Waals surface area contributed by atoms with Crippen molar-refractivity contribution in [3.8, 4) is 0 Å². The van der Waals surface area contributed by atoms with Crippen LogP contribution in [-0.2, 0) is 6.54 Å². The third kappa shape index (κ3) is 3.66. The van der Waals surface area contributed by atoms with E-state index in [0.29, 0.717) is 35.5 Å². The molecule has 1 fully saturated rings. The summed E-state index contributed by atoms with van der Waals surface area (Å²) in [5.41, 5.74) is 2.33. The number of carboxylic acids is 1. The fourth-order valence-corrected chi connectivity index (χ4v) is 3.80. The minimum Gasteiger partial charge on any atom is -0.478 e. The Kier molecular flexibility index (Phi) is 5.15. The first-order valence-electron chi connectivity index (χ1n) is 9.67. The third-order valence-corrected chi connectivity index (χ3v) is 5.43. The fraction of sp³-hybridized carbons (Fsp3) is 0.364. The largest absolute Gasteiger partial charge is 0.478 e. The van der Waals surface area contributed by atoms with Gasteiger partial charge in [0.15, 0.2) is 5.58 Å². The average molecular weight is 379 g/mol. The molecule has 4 rings (SSSR count). The molecule has 0 spiro atoms. The van der Waals surface area contributed by atoms with E-state index in [1.807, 2.05) is 18.2 Å². The van der Waals surface area contributed by atoms with Crippen LogP contribution in [0, 0.1) is 5.92 Å². The second-order valence-electron chi connectivity index (χ2n) is 7.70. The second-order valence-corrected chi connectivity index (χ2v) is 7.70. The van der Waals surface area contributed by atoms with Gasteiger partial charge in [0.2, 0.25) is 5.89 Å². The van der Waals surface area contributed by atoms with Crippen LogP contribution in [0.1, 0.15) is 41.7 Å². The molecule has 1 aliphatic heterocycles. The van der Waals surface area contributed by atoms with E-state index in [4.69, 9.17) is 4.42 Å². The Bertz CT molecular complexity index is 968. The maximum Gasteiger partial charge on any atom is 0.338 e. The molecule has 2 atom stereocenters. The van der Waals surface area contributed by atoms with Crippen molar-refractivity contribution < 1.29 is 14.3 Å². The molecule has 0 bridgehead atoms. The Morgan fingerprint density at radius 3 is 2.75 bits per heavy atom. The first-order valence-corrected chi connectivity index (χ1v) is 9.67. The topological polar surface area (TPSA) is 78.6 Å². The standard InChI is InChI=1S/C22H25N3O3/c1-14(2)17-13-25(12-15-7-4-3-5-8-15)18(11-23-17)21-24-20-16(22(26)27)9-6-10-19(20)28-21/h3-10,14,17-18,23H,11-13H2,1-2H3,(H,26,27). The molecule has 28 heavy (non-hydrogen) atoms. The number of aromatic nitrogens is 1. The van der Waals surface area contributed by atoms with Crippen molar-refractivity contribution in [2.75, 3.05) is 13.1 Å². The molecule has 2 unspecified atom stereocenters. The van der Waals surface area contributed by atoms with Crippen LogP contribution in [0.5, 0.6) is 0 Å². The molecule has 1 aliphatic rings. The number of oxazole rings is 1. The SMILES string of the molecule is CC(C)C1CN(Cc2ccccc2)C(c2nc3c(C(=O)O)cccc3o2)CN1. The number of hydrogen-bond donors (Lipinski definition) is 2. The van der Waals surface area contributed by atoms with Gasteiger partial charge in [-0.2, -0.15) is 0 Å². The van der Waals surface area contributed by atoms with E-state index >= 15 is 0 Å². The summed E-state index contributed by atoms with van der Waals surface area (Å²) in [5.74, 6) is 0.0871. The molecular weight excluding hydrogens is 354 g/mol. The highest BCUT2D eigenvalue weighted by molar-refractivity contribution is 6.00. The predicted octanol–water partition coefficient (Wildman–Crippen LogP) is 3.70. The molecule has 146 valence electrons. The number of carboxylic acid groups (broad SMARTS) is 1. The van der Waals surface area contributed by atoms with Gasteiger partial charge in [-0.1, -0.05) is 50.2 Å². The van der Waals surface area contributed by atoms with E-state index in [1.54, 1.807) is 18.2 Å². The zero-order valence-electron chi connectivity index (χ0n) is 16.1. The summed E-state index contributed by atoms with van der Waals surface area (Å²) >= 11 is 0. The molecule has 1 aromatic heterocycles. The van der Waals surface area contributed by atoms with Crippen LogP contribution in [0.15, 0.2) is 52.9 Å². The Morgan fingerprint density at radius 1 is 1.25 bits per heavy atom. The van der Waals surface area contributed by atoms with E-state index in [0.717, 1.165) is 13.1 Å². The minimum absolute atomic E-state index is 0.0516. The van der Waals surface area contributed by atoms with Crippen molar-refractivity contribution in [3.63, 3.8) is 0 Å². The molecule has 2 N–H and O–H groups in total. The molecule has 6 nitrogen and oxygen atoms in total. The number of carbonyl (C=O) groups is 1. The molecule has 6 heteroatoms. The molecule has 3 aromatic rings. The van der Waals surface area contributed by atoms with Gasteiger partial charge in [0.05, 0.1) is 11.6 Å². The number of benzene rings is 2. The Hall–Kier alpha value is -2.70. The summed E-state index contributed by atoms with van der Waals surface area (Å²) in [6.45, 7) is 6.82. The fourth-order valence-electron chi connectivity index (χ4n) is 3.80. The number of hydrogen-bond acceptors (Lipinski definition) is 5. The third-order valence-electron chi connectivity index (χ3n) is 5.43. The van der Waals surface area contributed by atoms with Crippen LogP contribution in [0.25, 0.3) is 11.1 Å². The summed E-state index contributed by atoms with van der Waals surface area (Å²) in [5, 5.41) is 13.0. The quantitative estimate of drug-likeness (QED) is 0.704. The van der Waals surface area contributed by atoms with Crippen molar-refractivity contribution in [1.29, 1.82) is 0 Å². The Balaban J connectivity index is 1.68. The Labute approximate surface area is 164 Å². The van der Waals surface area contributed by atoms with Crippen LogP contribution < -0.4 is 5.32 Å². The van der Waals surface area contributed by atoms with Gasteiger partial charge in [-0.25, -0.2) is 9.78 Å². The summed E-state index contributed by atoms with van der Waals surface area (Å²) < 4.78 is 6.01. The number of rotatable bonds is 5. The van der Waals surface area contributed by atoms with Gasteiger partial charge in [-0.05, 0) is 23.6 Å². The summed E-state index contributed by atoms with van der Waals surface area (Å²) in [6.07, 6.45) is 0. The number of nitrogens with zero attached hydrogens (tertiary/aromatic N) is 2. The molecule has 0 saturated carbocycles. The molecule has 0 amide bonds. The maximum atomic E-state index is 11.5. The lowest BCUT2D eigenvalue weighted by atomic mass is 9.98. The van der Waals surface area contributed by atoms with Crippen LogP contribution in [0.2, 0.25) is 0 Å². The average Bonchev–Trinajstić information content (AvgIpc) is 3.12. The highest BCUT2D eigenvalue weighted by Crippen LogP contribution is 2.30. The monoisotopic (exact) mass is 379 g/mol. The normalized spacial score (nSPS) is 20.7.